The molecule has 0 spiro atoms. The highest BCUT2D eigenvalue weighted by atomic mass is 19.1. The second kappa shape index (κ2) is 8.03. The standard InChI is InChI=1S/C22H15FO3/c23-20-9-5-4-6-16(20)12-15-21(24)17-10-13-19(14-11-17)26-22(25)18-7-2-1-3-8-18/h1-15H. The number of esters is 1. The zero-order chi connectivity index (χ0) is 18.4. The first-order valence-corrected chi connectivity index (χ1v) is 7.98. The van der Waals surface area contributed by atoms with Gasteiger partial charge in [-0.3, -0.25) is 4.79 Å². The Balaban J connectivity index is 1.66. The lowest BCUT2D eigenvalue weighted by Gasteiger charge is -2.04. The molecular formula is C22H15FO3. The molecule has 0 saturated carbocycles. The molecule has 0 bridgehead atoms. The summed E-state index contributed by atoms with van der Waals surface area (Å²) in [5.74, 6) is -0.786. The normalized spacial score (nSPS) is 10.7. The predicted octanol–water partition coefficient (Wildman–Crippen LogP) is 4.94. The third-order valence-electron chi connectivity index (χ3n) is 3.68. The van der Waals surface area contributed by atoms with Crippen LogP contribution in [0.1, 0.15) is 26.3 Å². The number of halogens is 1. The lowest BCUT2D eigenvalue weighted by molar-refractivity contribution is 0.0734. The van der Waals surface area contributed by atoms with Crippen molar-refractivity contribution in [3.63, 3.8) is 0 Å². The maximum atomic E-state index is 13.5. The molecule has 3 aromatic rings. The molecule has 0 amide bonds. The lowest BCUT2D eigenvalue weighted by atomic mass is 10.1. The molecule has 3 rings (SSSR count). The van der Waals surface area contributed by atoms with Crippen molar-refractivity contribution in [3.8, 4) is 5.75 Å². The summed E-state index contributed by atoms with van der Waals surface area (Å²) >= 11 is 0. The molecule has 0 aromatic heterocycles. The van der Waals surface area contributed by atoms with Gasteiger partial charge in [0.2, 0.25) is 0 Å². The molecule has 0 unspecified atom stereocenters. The summed E-state index contributed by atoms with van der Waals surface area (Å²) in [5.41, 5.74) is 1.20. The van der Waals surface area contributed by atoms with E-state index in [1.54, 1.807) is 66.7 Å². The zero-order valence-corrected chi connectivity index (χ0v) is 13.8. The maximum absolute atomic E-state index is 13.5. The van der Waals surface area contributed by atoms with Crippen molar-refractivity contribution in [2.24, 2.45) is 0 Å². The van der Waals surface area contributed by atoms with E-state index in [9.17, 15) is 14.0 Å². The first-order chi connectivity index (χ1) is 12.6. The largest absolute Gasteiger partial charge is 0.423 e. The van der Waals surface area contributed by atoms with Gasteiger partial charge in [-0.2, -0.15) is 0 Å². The Kier molecular flexibility index (Phi) is 5.34. The fourth-order valence-electron chi connectivity index (χ4n) is 2.30. The Morgan fingerprint density at radius 2 is 1.42 bits per heavy atom. The van der Waals surface area contributed by atoms with E-state index in [-0.39, 0.29) is 11.6 Å². The van der Waals surface area contributed by atoms with E-state index in [1.165, 1.54) is 18.2 Å². The monoisotopic (exact) mass is 346 g/mol. The minimum Gasteiger partial charge on any atom is -0.423 e. The van der Waals surface area contributed by atoms with Crippen molar-refractivity contribution in [3.05, 3.63) is 107 Å². The number of hydrogen-bond donors (Lipinski definition) is 0. The van der Waals surface area contributed by atoms with Crippen molar-refractivity contribution in [2.45, 2.75) is 0 Å². The maximum Gasteiger partial charge on any atom is 0.343 e. The van der Waals surface area contributed by atoms with E-state index in [0.29, 0.717) is 22.4 Å². The van der Waals surface area contributed by atoms with Gasteiger partial charge in [-0.1, -0.05) is 36.4 Å². The molecular weight excluding hydrogens is 331 g/mol. The highest BCUT2D eigenvalue weighted by molar-refractivity contribution is 6.06. The highest BCUT2D eigenvalue weighted by Crippen LogP contribution is 2.16. The van der Waals surface area contributed by atoms with E-state index < -0.39 is 5.97 Å². The SMILES string of the molecule is O=C(C=Cc1ccccc1F)c1ccc(OC(=O)c2ccccc2)cc1. The Labute approximate surface area is 150 Å². The third kappa shape index (κ3) is 4.30. The average molecular weight is 346 g/mol. The molecule has 26 heavy (non-hydrogen) atoms. The molecule has 0 aliphatic rings. The molecule has 0 atom stereocenters. The molecule has 0 aliphatic carbocycles. The van der Waals surface area contributed by atoms with E-state index in [0.717, 1.165) is 0 Å². The minimum atomic E-state index is -0.468. The van der Waals surface area contributed by atoms with Crippen molar-refractivity contribution in [2.75, 3.05) is 0 Å². The summed E-state index contributed by atoms with van der Waals surface area (Å²) in [6.45, 7) is 0. The fourth-order valence-corrected chi connectivity index (χ4v) is 2.30. The predicted molar refractivity (Wildman–Crippen MR) is 97.6 cm³/mol. The van der Waals surface area contributed by atoms with Gasteiger partial charge >= 0.3 is 5.97 Å². The first-order valence-electron chi connectivity index (χ1n) is 7.98. The van der Waals surface area contributed by atoms with Gasteiger partial charge in [0.1, 0.15) is 11.6 Å². The van der Waals surface area contributed by atoms with Crippen molar-refractivity contribution in [1.82, 2.24) is 0 Å². The van der Waals surface area contributed by atoms with Crippen LogP contribution in [0.3, 0.4) is 0 Å². The zero-order valence-electron chi connectivity index (χ0n) is 13.8. The van der Waals surface area contributed by atoms with Gasteiger partial charge in [-0.05, 0) is 54.6 Å². The van der Waals surface area contributed by atoms with Crippen LogP contribution in [0.15, 0.2) is 84.9 Å². The molecule has 0 fully saturated rings. The molecule has 0 heterocycles. The van der Waals surface area contributed by atoms with Gasteiger partial charge in [0, 0.05) is 11.1 Å². The van der Waals surface area contributed by atoms with E-state index >= 15 is 0 Å². The fraction of sp³-hybridized carbons (Fsp3) is 0. The molecule has 3 aromatic carbocycles. The number of rotatable bonds is 5. The van der Waals surface area contributed by atoms with Crippen LogP contribution in [-0.2, 0) is 0 Å². The summed E-state index contributed by atoms with van der Waals surface area (Å²) in [5, 5.41) is 0. The van der Waals surface area contributed by atoms with Crippen LogP contribution < -0.4 is 4.74 Å². The topological polar surface area (TPSA) is 43.4 Å². The third-order valence-corrected chi connectivity index (χ3v) is 3.68. The second-order valence-corrected chi connectivity index (χ2v) is 5.50. The van der Waals surface area contributed by atoms with Gasteiger partial charge in [0.05, 0.1) is 5.56 Å². The van der Waals surface area contributed by atoms with Gasteiger partial charge in [-0.25, -0.2) is 9.18 Å². The number of allylic oxidation sites excluding steroid dienone is 1. The van der Waals surface area contributed by atoms with E-state index in [4.69, 9.17) is 4.74 Å². The Morgan fingerprint density at radius 1 is 0.769 bits per heavy atom. The van der Waals surface area contributed by atoms with Crippen LogP contribution in [0, 0.1) is 5.82 Å². The molecule has 0 aliphatic heterocycles. The molecule has 128 valence electrons. The summed E-state index contributed by atoms with van der Waals surface area (Å²) in [6, 6.07) is 21.0. The summed E-state index contributed by atoms with van der Waals surface area (Å²) < 4.78 is 18.8. The lowest BCUT2D eigenvalue weighted by Crippen LogP contribution is -2.08. The highest BCUT2D eigenvalue weighted by Gasteiger charge is 2.09. The van der Waals surface area contributed by atoms with Gasteiger partial charge in [0.25, 0.3) is 0 Å². The van der Waals surface area contributed by atoms with E-state index in [2.05, 4.69) is 0 Å². The number of ether oxygens (including phenoxy) is 1. The van der Waals surface area contributed by atoms with Gasteiger partial charge in [0.15, 0.2) is 5.78 Å². The number of ketones is 1. The average Bonchev–Trinajstić information content (AvgIpc) is 2.68. The van der Waals surface area contributed by atoms with Crippen LogP contribution in [0.4, 0.5) is 4.39 Å². The van der Waals surface area contributed by atoms with Crippen molar-refractivity contribution >= 4 is 17.8 Å². The molecule has 0 saturated heterocycles. The summed E-state index contributed by atoms with van der Waals surface area (Å²) in [7, 11) is 0. The van der Waals surface area contributed by atoms with Crippen molar-refractivity contribution in [1.29, 1.82) is 0 Å². The number of hydrogen-bond acceptors (Lipinski definition) is 3. The summed E-state index contributed by atoms with van der Waals surface area (Å²) in [4.78, 5) is 24.2. The van der Waals surface area contributed by atoms with Crippen LogP contribution in [-0.4, -0.2) is 11.8 Å². The van der Waals surface area contributed by atoms with Crippen LogP contribution in [0.2, 0.25) is 0 Å². The number of carbonyl (C=O) groups excluding carboxylic acids is 2. The van der Waals surface area contributed by atoms with Gasteiger partial charge < -0.3 is 4.74 Å². The smallest absolute Gasteiger partial charge is 0.343 e. The quantitative estimate of drug-likeness (QED) is 0.284. The van der Waals surface area contributed by atoms with Crippen LogP contribution in [0.25, 0.3) is 6.08 Å². The summed E-state index contributed by atoms with van der Waals surface area (Å²) in [6.07, 6.45) is 2.74. The van der Waals surface area contributed by atoms with Crippen molar-refractivity contribution < 1.29 is 18.7 Å². The molecule has 0 radical (unpaired) electrons. The Bertz CT molecular complexity index is 945. The Morgan fingerprint density at radius 3 is 2.12 bits per heavy atom. The minimum absolute atomic E-state index is 0.269. The molecule has 3 nitrogen and oxygen atoms in total. The van der Waals surface area contributed by atoms with Crippen LogP contribution in [0.5, 0.6) is 5.75 Å². The van der Waals surface area contributed by atoms with E-state index in [1.807, 2.05) is 6.07 Å². The second-order valence-electron chi connectivity index (χ2n) is 5.50. The molecule has 0 N–H and O–H groups in total. The van der Waals surface area contributed by atoms with Crippen LogP contribution >= 0.6 is 0 Å². The first kappa shape index (κ1) is 17.3. The Hall–Kier alpha value is -3.53. The molecule has 4 heteroatoms. The number of benzene rings is 3. The number of carbonyl (C=O) groups is 2. The van der Waals surface area contributed by atoms with Gasteiger partial charge in [-0.15, -0.1) is 0 Å².